The first kappa shape index (κ1) is 19.1. The zero-order valence-corrected chi connectivity index (χ0v) is 14.4. The SMILES string of the molecule is CCCCC(CC)COC(=O)C=Cc1ccc(O)c(OCC)c1. The normalized spacial score (nSPS) is 12.3. The van der Waals surface area contributed by atoms with Crippen molar-refractivity contribution in [1.82, 2.24) is 0 Å². The maximum atomic E-state index is 11.8. The van der Waals surface area contributed by atoms with Gasteiger partial charge >= 0.3 is 5.97 Å². The highest BCUT2D eigenvalue weighted by atomic mass is 16.5. The third kappa shape index (κ3) is 7.22. The third-order valence-corrected chi connectivity index (χ3v) is 3.70. The van der Waals surface area contributed by atoms with Gasteiger partial charge in [0.25, 0.3) is 0 Å². The van der Waals surface area contributed by atoms with Gasteiger partial charge < -0.3 is 14.6 Å². The zero-order chi connectivity index (χ0) is 17.1. The third-order valence-electron chi connectivity index (χ3n) is 3.70. The molecule has 0 aliphatic carbocycles. The summed E-state index contributed by atoms with van der Waals surface area (Å²) in [5.41, 5.74) is 0.779. The van der Waals surface area contributed by atoms with Gasteiger partial charge in [-0.15, -0.1) is 0 Å². The lowest BCUT2D eigenvalue weighted by Crippen LogP contribution is -2.12. The van der Waals surface area contributed by atoms with Crippen LogP contribution in [0.3, 0.4) is 0 Å². The van der Waals surface area contributed by atoms with E-state index >= 15 is 0 Å². The van der Waals surface area contributed by atoms with Gasteiger partial charge in [-0.25, -0.2) is 4.79 Å². The number of carbonyl (C=O) groups excluding carboxylic acids is 1. The Balaban J connectivity index is 2.53. The Morgan fingerprint density at radius 1 is 1.30 bits per heavy atom. The molecular formula is C19H28O4. The molecule has 0 aromatic heterocycles. The number of phenols is 1. The molecule has 1 N–H and O–H groups in total. The molecule has 0 bridgehead atoms. The van der Waals surface area contributed by atoms with E-state index in [1.807, 2.05) is 6.92 Å². The quantitative estimate of drug-likeness (QED) is 0.507. The van der Waals surface area contributed by atoms with Crippen LogP contribution in [0.5, 0.6) is 11.5 Å². The molecule has 1 aromatic rings. The Morgan fingerprint density at radius 3 is 2.74 bits per heavy atom. The molecule has 1 rings (SSSR count). The van der Waals surface area contributed by atoms with Crippen molar-refractivity contribution in [3.8, 4) is 11.5 Å². The maximum Gasteiger partial charge on any atom is 0.330 e. The standard InChI is InChI=1S/C19H28O4/c1-4-7-8-15(5-2)14-23-19(21)12-10-16-9-11-17(20)18(13-16)22-6-3/h9-13,15,20H,4-8,14H2,1-3H3. The smallest absolute Gasteiger partial charge is 0.330 e. The molecule has 1 unspecified atom stereocenters. The number of aromatic hydroxyl groups is 1. The molecule has 0 saturated carbocycles. The number of carbonyl (C=O) groups is 1. The summed E-state index contributed by atoms with van der Waals surface area (Å²) >= 11 is 0. The highest BCUT2D eigenvalue weighted by Crippen LogP contribution is 2.27. The fraction of sp³-hybridized carbons (Fsp3) is 0.526. The van der Waals surface area contributed by atoms with E-state index in [4.69, 9.17) is 9.47 Å². The first-order valence-electron chi connectivity index (χ1n) is 8.41. The predicted octanol–water partition coefficient (Wildman–Crippen LogP) is 4.56. The van der Waals surface area contributed by atoms with Gasteiger partial charge in [0.15, 0.2) is 11.5 Å². The molecule has 4 heteroatoms. The highest BCUT2D eigenvalue weighted by molar-refractivity contribution is 5.87. The lowest BCUT2D eigenvalue weighted by atomic mass is 10.0. The Hall–Kier alpha value is -1.97. The number of rotatable bonds is 10. The van der Waals surface area contributed by atoms with E-state index in [-0.39, 0.29) is 11.7 Å². The number of ether oxygens (including phenoxy) is 2. The van der Waals surface area contributed by atoms with Crippen LogP contribution in [0.4, 0.5) is 0 Å². The minimum atomic E-state index is -0.342. The predicted molar refractivity (Wildman–Crippen MR) is 92.6 cm³/mol. The summed E-state index contributed by atoms with van der Waals surface area (Å²) in [4.78, 5) is 11.8. The van der Waals surface area contributed by atoms with E-state index in [1.54, 1.807) is 24.3 Å². The van der Waals surface area contributed by atoms with Crippen LogP contribution in [0, 0.1) is 5.92 Å². The molecule has 0 aliphatic rings. The Bertz CT molecular complexity index is 508. The Labute approximate surface area is 139 Å². The molecular weight excluding hydrogens is 292 g/mol. The fourth-order valence-corrected chi connectivity index (χ4v) is 2.22. The number of phenolic OH excluding ortho intramolecular Hbond substituents is 1. The van der Waals surface area contributed by atoms with Crippen molar-refractivity contribution in [3.05, 3.63) is 29.8 Å². The molecule has 0 saturated heterocycles. The van der Waals surface area contributed by atoms with Crippen LogP contribution < -0.4 is 4.74 Å². The topological polar surface area (TPSA) is 55.8 Å². The highest BCUT2D eigenvalue weighted by Gasteiger charge is 2.08. The number of unbranched alkanes of at least 4 members (excludes halogenated alkanes) is 1. The van der Waals surface area contributed by atoms with Crippen LogP contribution in [0.2, 0.25) is 0 Å². The van der Waals surface area contributed by atoms with Crippen molar-refractivity contribution in [2.24, 2.45) is 5.92 Å². The van der Waals surface area contributed by atoms with Gasteiger partial charge in [0, 0.05) is 6.08 Å². The van der Waals surface area contributed by atoms with E-state index in [2.05, 4.69) is 13.8 Å². The molecule has 23 heavy (non-hydrogen) atoms. The molecule has 128 valence electrons. The van der Waals surface area contributed by atoms with Gasteiger partial charge in [0.1, 0.15) is 0 Å². The van der Waals surface area contributed by atoms with Crippen LogP contribution in [0.25, 0.3) is 6.08 Å². The van der Waals surface area contributed by atoms with Gasteiger partial charge in [-0.05, 0) is 43.0 Å². The Morgan fingerprint density at radius 2 is 2.09 bits per heavy atom. The number of esters is 1. The van der Waals surface area contributed by atoms with Gasteiger partial charge in [-0.2, -0.15) is 0 Å². The number of hydrogen-bond donors (Lipinski definition) is 1. The van der Waals surface area contributed by atoms with Gasteiger partial charge in [0.05, 0.1) is 13.2 Å². The summed E-state index contributed by atoms with van der Waals surface area (Å²) in [6, 6.07) is 4.96. The van der Waals surface area contributed by atoms with Crippen LogP contribution >= 0.6 is 0 Å². The molecule has 1 aromatic carbocycles. The van der Waals surface area contributed by atoms with Crippen LogP contribution in [0.1, 0.15) is 52.0 Å². The maximum absolute atomic E-state index is 11.8. The summed E-state index contributed by atoms with van der Waals surface area (Å²) in [6.07, 6.45) is 7.52. The van der Waals surface area contributed by atoms with Crippen molar-refractivity contribution in [3.63, 3.8) is 0 Å². The van der Waals surface area contributed by atoms with E-state index in [0.717, 1.165) is 24.8 Å². The monoisotopic (exact) mass is 320 g/mol. The van der Waals surface area contributed by atoms with E-state index in [1.165, 1.54) is 12.5 Å². The summed E-state index contributed by atoms with van der Waals surface area (Å²) in [6.45, 7) is 7.08. The first-order valence-corrected chi connectivity index (χ1v) is 8.41. The lowest BCUT2D eigenvalue weighted by Gasteiger charge is -2.13. The number of benzene rings is 1. The van der Waals surface area contributed by atoms with Crippen molar-refractivity contribution in [2.45, 2.75) is 46.5 Å². The van der Waals surface area contributed by atoms with E-state index < -0.39 is 0 Å². The van der Waals surface area contributed by atoms with Crippen LogP contribution in [0.15, 0.2) is 24.3 Å². The molecule has 1 atom stereocenters. The van der Waals surface area contributed by atoms with Gasteiger partial charge in [-0.3, -0.25) is 0 Å². The van der Waals surface area contributed by atoms with Crippen molar-refractivity contribution < 1.29 is 19.4 Å². The molecule has 4 nitrogen and oxygen atoms in total. The van der Waals surface area contributed by atoms with Gasteiger partial charge in [-0.1, -0.05) is 39.2 Å². The average molecular weight is 320 g/mol. The van der Waals surface area contributed by atoms with Crippen molar-refractivity contribution >= 4 is 12.0 Å². The molecule has 0 fully saturated rings. The van der Waals surface area contributed by atoms with Crippen molar-refractivity contribution in [1.29, 1.82) is 0 Å². The number of hydrogen-bond acceptors (Lipinski definition) is 4. The molecule has 0 heterocycles. The average Bonchev–Trinajstić information content (AvgIpc) is 2.56. The minimum absolute atomic E-state index is 0.0910. The molecule has 0 radical (unpaired) electrons. The largest absolute Gasteiger partial charge is 0.504 e. The summed E-state index contributed by atoms with van der Waals surface area (Å²) in [7, 11) is 0. The zero-order valence-electron chi connectivity index (χ0n) is 14.4. The van der Waals surface area contributed by atoms with Crippen molar-refractivity contribution in [2.75, 3.05) is 13.2 Å². The second-order valence-electron chi connectivity index (χ2n) is 5.54. The summed E-state index contributed by atoms with van der Waals surface area (Å²) in [5.74, 6) is 0.596. The minimum Gasteiger partial charge on any atom is -0.504 e. The van der Waals surface area contributed by atoms with E-state index in [0.29, 0.717) is 24.9 Å². The van der Waals surface area contributed by atoms with Crippen LogP contribution in [-0.2, 0) is 9.53 Å². The first-order chi connectivity index (χ1) is 11.1. The Kier molecular flexibility index (Phi) is 8.88. The molecule has 0 amide bonds. The second kappa shape index (κ2) is 10.7. The summed E-state index contributed by atoms with van der Waals surface area (Å²) in [5, 5.41) is 9.65. The van der Waals surface area contributed by atoms with E-state index in [9.17, 15) is 9.90 Å². The molecule has 0 spiro atoms. The summed E-state index contributed by atoms with van der Waals surface area (Å²) < 4.78 is 10.6. The fourth-order valence-electron chi connectivity index (χ4n) is 2.22. The lowest BCUT2D eigenvalue weighted by molar-refractivity contribution is -0.139. The molecule has 0 aliphatic heterocycles. The van der Waals surface area contributed by atoms with Gasteiger partial charge in [0.2, 0.25) is 0 Å². The second-order valence-corrected chi connectivity index (χ2v) is 5.54. The van der Waals surface area contributed by atoms with Crippen LogP contribution in [-0.4, -0.2) is 24.3 Å².